The summed E-state index contributed by atoms with van der Waals surface area (Å²) in [7, 11) is 0. The average Bonchev–Trinajstić information content (AvgIpc) is 2.30. The molecule has 0 radical (unpaired) electrons. The van der Waals surface area contributed by atoms with Crippen LogP contribution in [0.4, 0.5) is 0 Å². The Balaban J connectivity index is 3.94. The first-order chi connectivity index (χ1) is 10.7. The summed E-state index contributed by atoms with van der Waals surface area (Å²) < 4.78 is 0. The maximum absolute atomic E-state index is 11.3. The van der Waals surface area contributed by atoms with Crippen molar-refractivity contribution in [1.82, 2.24) is 0 Å². The number of benzene rings is 1. The van der Waals surface area contributed by atoms with Crippen LogP contribution in [0.1, 0.15) is 97.1 Å². The molecule has 0 spiro atoms. The predicted octanol–water partition coefficient (Wildman–Crippen LogP) is 6.69. The summed E-state index contributed by atoms with van der Waals surface area (Å²) in [5.41, 5.74) is 6.51. The van der Waals surface area contributed by atoms with Gasteiger partial charge < -0.3 is 5.11 Å². The van der Waals surface area contributed by atoms with E-state index >= 15 is 0 Å². The van der Waals surface area contributed by atoms with E-state index in [1.807, 2.05) is 0 Å². The van der Waals surface area contributed by atoms with Crippen molar-refractivity contribution in [2.45, 2.75) is 99.8 Å². The summed E-state index contributed by atoms with van der Waals surface area (Å²) in [6.45, 7) is 24.8. The predicted molar refractivity (Wildman–Crippen MR) is 107 cm³/mol. The number of rotatable bonds is 4. The maximum Gasteiger partial charge on any atom is 0.122 e. The third-order valence-corrected chi connectivity index (χ3v) is 4.65. The normalized spacial score (nSPS) is 13.2. The Kier molecular flexibility index (Phi) is 6.23. The van der Waals surface area contributed by atoms with E-state index in [0.29, 0.717) is 17.6 Å². The Hall–Kier alpha value is -0.980. The largest absolute Gasteiger partial charge is 0.507 e. The highest BCUT2D eigenvalue weighted by atomic mass is 16.3. The van der Waals surface area contributed by atoms with Gasteiger partial charge in [-0.15, -0.1) is 0 Å². The summed E-state index contributed by atoms with van der Waals surface area (Å²) >= 11 is 0. The minimum absolute atomic E-state index is 0.0299. The van der Waals surface area contributed by atoms with Gasteiger partial charge >= 0.3 is 0 Å². The number of hydrogen-bond acceptors (Lipinski definition) is 1. The number of hydrogen-bond donors (Lipinski definition) is 1. The molecule has 0 heterocycles. The Morgan fingerprint density at radius 1 is 0.708 bits per heavy atom. The van der Waals surface area contributed by atoms with Crippen molar-refractivity contribution >= 4 is 0 Å². The van der Waals surface area contributed by atoms with Crippen molar-refractivity contribution in [2.75, 3.05) is 0 Å². The van der Waals surface area contributed by atoms with Crippen LogP contribution < -0.4 is 0 Å². The minimum Gasteiger partial charge on any atom is -0.507 e. The van der Waals surface area contributed by atoms with Gasteiger partial charge in [0.25, 0.3) is 0 Å². The first-order valence-electron chi connectivity index (χ1n) is 9.56. The number of aromatic hydroxyl groups is 1. The number of phenolic OH excluding ortho intramolecular Hbond substituents is 1. The fourth-order valence-corrected chi connectivity index (χ4v) is 4.24. The zero-order valence-electron chi connectivity index (χ0n) is 18.0. The molecular formula is C23H40O. The zero-order chi connectivity index (χ0) is 19.0. The first-order valence-corrected chi connectivity index (χ1v) is 9.56. The Bertz CT molecular complexity index is 529. The zero-order valence-corrected chi connectivity index (χ0v) is 18.0. The summed E-state index contributed by atoms with van der Waals surface area (Å²) in [5, 5.41) is 11.3. The Morgan fingerprint density at radius 2 is 1.00 bits per heavy atom. The maximum atomic E-state index is 11.3. The van der Waals surface area contributed by atoms with Crippen molar-refractivity contribution < 1.29 is 5.11 Å². The van der Waals surface area contributed by atoms with Crippen LogP contribution in [0.2, 0.25) is 0 Å². The van der Waals surface area contributed by atoms with Crippen molar-refractivity contribution in [1.29, 1.82) is 0 Å². The van der Waals surface area contributed by atoms with Gasteiger partial charge in [0.05, 0.1) is 0 Å². The average molecular weight is 333 g/mol. The van der Waals surface area contributed by atoms with E-state index in [1.54, 1.807) is 0 Å². The van der Waals surface area contributed by atoms with E-state index in [9.17, 15) is 5.11 Å². The topological polar surface area (TPSA) is 20.2 Å². The minimum atomic E-state index is 0.0299. The van der Waals surface area contributed by atoms with Crippen LogP contribution in [0.15, 0.2) is 0 Å². The summed E-state index contributed by atoms with van der Waals surface area (Å²) in [4.78, 5) is 0. The van der Waals surface area contributed by atoms with Crippen LogP contribution in [0, 0.1) is 18.8 Å². The third kappa shape index (κ3) is 4.55. The van der Waals surface area contributed by atoms with Gasteiger partial charge in [0, 0.05) is 0 Å². The second-order valence-electron chi connectivity index (χ2n) is 10.4. The van der Waals surface area contributed by atoms with Gasteiger partial charge in [0.2, 0.25) is 0 Å². The van der Waals surface area contributed by atoms with Crippen LogP contribution >= 0.6 is 0 Å². The molecule has 0 saturated heterocycles. The van der Waals surface area contributed by atoms with Gasteiger partial charge in [-0.25, -0.2) is 0 Å². The third-order valence-electron chi connectivity index (χ3n) is 4.65. The van der Waals surface area contributed by atoms with Gasteiger partial charge in [-0.05, 0) is 70.2 Å². The molecule has 0 saturated carbocycles. The van der Waals surface area contributed by atoms with E-state index in [2.05, 4.69) is 76.2 Å². The second kappa shape index (κ2) is 7.10. The van der Waals surface area contributed by atoms with Gasteiger partial charge in [0.1, 0.15) is 5.75 Å². The molecule has 0 aliphatic rings. The van der Waals surface area contributed by atoms with Gasteiger partial charge in [-0.2, -0.15) is 0 Å². The van der Waals surface area contributed by atoms with Crippen molar-refractivity contribution in [3.63, 3.8) is 0 Å². The summed E-state index contributed by atoms with van der Waals surface area (Å²) in [6.07, 6.45) is 1.88. The highest BCUT2D eigenvalue weighted by Crippen LogP contribution is 2.45. The molecule has 138 valence electrons. The lowest BCUT2D eigenvalue weighted by Gasteiger charge is -2.35. The molecule has 1 N–H and O–H groups in total. The van der Waals surface area contributed by atoms with E-state index in [0.717, 1.165) is 12.8 Å². The van der Waals surface area contributed by atoms with Gasteiger partial charge in [-0.1, -0.05) is 69.2 Å². The molecule has 1 aromatic carbocycles. The smallest absolute Gasteiger partial charge is 0.122 e. The van der Waals surface area contributed by atoms with Crippen molar-refractivity contribution in [3.8, 4) is 5.75 Å². The fourth-order valence-electron chi connectivity index (χ4n) is 4.24. The lowest BCUT2D eigenvalue weighted by atomic mass is 9.70. The molecule has 0 bridgehead atoms. The van der Waals surface area contributed by atoms with Crippen LogP contribution in [-0.4, -0.2) is 5.11 Å². The molecule has 0 aromatic heterocycles. The SMILES string of the molecule is Cc1c(C(C)(C)C)c(CC(C)C)c(O)c(CC(C)C)c1C(C)(C)C. The van der Waals surface area contributed by atoms with Gasteiger partial charge in [0.15, 0.2) is 0 Å². The monoisotopic (exact) mass is 332 g/mol. The van der Waals surface area contributed by atoms with E-state index < -0.39 is 0 Å². The first kappa shape index (κ1) is 21.1. The molecule has 24 heavy (non-hydrogen) atoms. The highest BCUT2D eigenvalue weighted by molar-refractivity contribution is 5.59. The van der Waals surface area contributed by atoms with Crippen LogP contribution in [0.3, 0.4) is 0 Å². The van der Waals surface area contributed by atoms with Crippen molar-refractivity contribution in [2.24, 2.45) is 11.8 Å². The fraction of sp³-hybridized carbons (Fsp3) is 0.739. The van der Waals surface area contributed by atoms with E-state index in [-0.39, 0.29) is 10.8 Å². The highest BCUT2D eigenvalue weighted by Gasteiger charge is 2.32. The van der Waals surface area contributed by atoms with Crippen LogP contribution in [0.25, 0.3) is 0 Å². The van der Waals surface area contributed by atoms with Crippen molar-refractivity contribution in [3.05, 3.63) is 27.8 Å². The lowest BCUT2D eigenvalue weighted by molar-refractivity contribution is 0.434. The van der Waals surface area contributed by atoms with E-state index in [4.69, 9.17) is 0 Å². The molecule has 0 aliphatic carbocycles. The molecule has 1 heteroatoms. The molecular weight excluding hydrogens is 292 g/mol. The molecule has 0 fully saturated rings. The molecule has 0 atom stereocenters. The van der Waals surface area contributed by atoms with Crippen LogP contribution in [0.5, 0.6) is 5.75 Å². The standard InChI is InChI=1S/C23H40O/c1-14(2)12-17-19(22(6,7)8)16(5)20(23(9,10)11)18(21(17)24)13-15(3)4/h14-15,24H,12-13H2,1-11H3. The lowest BCUT2D eigenvalue weighted by Crippen LogP contribution is -2.25. The summed E-state index contributed by atoms with van der Waals surface area (Å²) in [5.74, 6) is 1.63. The van der Waals surface area contributed by atoms with Gasteiger partial charge in [-0.3, -0.25) is 0 Å². The number of phenols is 1. The Morgan fingerprint density at radius 3 is 1.21 bits per heavy atom. The molecule has 1 rings (SSSR count). The Labute approximate surface area is 150 Å². The molecule has 0 aliphatic heterocycles. The van der Waals surface area contributed by atoms with E-state index in [1.165, 1.54) is 27.8 Å². The van der Waals surface area contributed by atoms with Crippen LogP contribution in [-0.2, 0) is 23.7 Å². The molecule has 1 nitrogen and oxygen atoms in total. The molecule has 0 amide bonds. The summed E-state index contributed by atoms with van der Waals surface area (Å²) in [6, 6.07) is 0. The molecule has 1 aromatic rings. The second-order valence-corrected chi connectivity index (χ2v) is 10.4. The quantitative estimate of drug-likeness (QED) is 0.651. The molecule has 0 unspecified atom stereocenters.